The first-order chi connectivity index (χ1) is 8.99. The molecule has 1 aromatic heterocycles. The number of primary sulfonamides is 1. The topological polar surface area (TPSA) is 85.3 Å². The van der Waals surface area contributed by atoms with Crippen molar-refractivity contribution in [1.29, 1.82) is 0 Å². The Balaban J connectivity index is 2.04. The normalized spacial score (nSPS) is 11.5. The molecule has 0 radical (unpaired) electrons. The molecule has 102 valence electrons. The highest BCUT2D eigenvalue weighted by Crippen LogP contribution is 2.15. The lowest BCUT2D eigenvalue weighted by atomic mass is 10.1. The van der Waals surface area contributed by atoms with Crippen LogP contribution in [-0.4, -0.2) is 8.42 Å². The molecule has 0 unspecified atom stereocenters. The third-order valence-corrected chi connectivity index (χ3v) is 3.50. The second-order valence-electron chi connectivity index (χ2n) is 4.17. The second kappa shape index (κ2) is 5.46. The molecule has 0 saturated heterocycles. The van der Waals surface area contributed by atoms with Gasteiger partial charge in [-0.15, -0.1) is 0 Å². The average molecular weight is 280 g/mol. The van der Waals surface area contributed by atoms with Crippen molar-refractivity contribution in [1.82, 2.24) is 0 Å². The Bertz CT molecular complexity index is 662. The molecule has 0 spiro atoms. The van der Waals surface area contributed by atoms with Gasteiger partial charge in [0.25, 0.3) is 10.0 Å². The molecule has 0 aliphatic heterocycles. The lowest BCUT2D eigenvalue weighted by Gasteiger charge is -2.06. The van der Waals surface area contributed by atoms with Crippen LogP contribution < -0.4 is 10.5 Å². The van der Waals surface area contributed by atoms with Crippen LogP contribution in [0, 0.1) is 0 Å². The summed E-state index contributed by atoms with van der Waals surface area (Å²) in [7, 11) is -3.77. The minimum atomic E-state index is -3.77. The monoisotopic (exact) mass is 280 g/mol. The smallest absolute Gasteiger partial charge is 0.271 e. The number of nitrogens with two attached hydrogens (primary N) is 1. The predicted molar refractivity (Wildman–Crippen MR) is 73.2 cm³/mol. The molecule has 0 atom stereocenters. The van der Waals surface area contributed by atoms with Crippen LogP contribution >= 0.6 is 0 Å². The van der Waals surface area contributed by atoms with E-state index in [2.05, 4.69) is 18.3 Å². The van der Waals surface area contributed by atoms with Gasteiger partial charge in [-0.05, 0) is 36.2 Å². The molecule has 0 aliphatic rings. The summed E-state index contributed by atoms with van der Waals surface area (Å²) in [6, 6.07) is 11.0. The molecule has 0 saturated carbocycles. The summed E-state index contributed by atoms with van der Waals surface area (Å²) in [4.78, 5) is 0. The van der Waals surface area contributed by atoms with Crippen LogP contribution in [0.3, 0.4) is 0 Å². The highest BCUT2D eigenvalue weighted by atomic mass is 32.2. The molecule has 0 aliphatic carbocycles. The van der Waals surface area contributed by atoms with Crippen molar-refractivity contribution in [2.75, 3.05) is 5.32 Å². The number of hydrogen-bond acceptors (Lipinski definition) is 4. The summed E-state index contributed by atoms with van der Waals surface area (Å²) < 4.78 is 27.3. The Morgan fingerprint density at radius 1 is 1.26 bits per heavy atom. The fourth-order valence-electron chi connectivity index (χ4n) is 1.70. The second-order valence-corrected chi connectivity index (χ2v) is 5.67. The summed E-state index contributed by atoms with van der Waals surface area (Å²) in [6.45, 7) is 2.49. The van der Waals surface area contributed by atoms with Crippen molar-refractivity contribution >= 4 is 15.7 Å². The van der Waals surface area contributed by atoms with Gasteiger partial charge in [0.05, 0.1) is 6.54 Å². The zero-order valence-corrected chi connectivity index (χ0v) is 11.4. The number of aryl methyl sites for hydroxylation is 1. The van der Waals surface area contributed by atoms with Crippen molar-refractivity contribution in [3.63, 3.8) is 0 Å². The van der Waals surface area contributed by atoms with Crippen molar-refractivity contribution in [2.45, 2.75) is 25.0 Å². The van der Waals surface area contributed by atoms with Gasteiger partial charge in [0.15, 0.2) is 0 Å². The predicted octanol–water partition coefficient (Wildman–Crippen LogP) is 2.10. The summed E-state index contributed by atoms with van der Waals surface area (Å²) in [6.07, 6.45) is 0.964. The highest BCUT2D eigenvalue weighted by Gasteiger charge is 2.12. The third-order valence-electron chi connectivity index (χ3n) is 2.72. The number of anilines is 1. The van der Waals surface area contributed by atoms with Crippen molar-refractivity contribution in [2.24, 2.45) is 5.14 Å². The third kappa shape index (κ3) is 3.59. The summed E-state index contributed by atoms with van der Waals surface area (Å²) in [5.41, 5.74) is 2.20. The molecule has 19 heavy (non-hydrogen) atoms. The molecule has 0 amide bonds. The van der Waals surface area contributed by atoms with E-state index in [1.165, 1.54) is 11.6 Å². The van der Waals surface area contributed by atoms with Crippen LogP contribution in [0.4, 0.5) is 5.69 Å². The number of rotatable bonds is 5. The van der Waals surface area contributed by atoms with Gasteiger partial charge in [-0.3, -0.25) is 0 Å². The molecule has 2 aromatic rings. The van der Waals surface area contributed by atoms with Gasteiger partial charge in [-0.2, -0.15) is 0 Å². The first-order valence-corrected chi connectivity index (χ1v) is 7.48. The SMILES string of the molecule is CCc1cccc(NCc2ccc(S(N)(=O)=O)o2)c1. The maximum atomic E-state index is 11.1. The average Bonchev–Trinajstić information content (AvgIpc) is 2.85. The van der Waals surface area contributed by atoms with E-state index in [1.807, 2.05) is 18.2 Å². The largest absolute Gasteiger partial charge is 0.446 e. The molecular weight excluding hydrogens is 264 g/mol. The Morgan fingerprint density at radius 2 is 2.05 bits per heavy atom. The molecule has 0 bridgehead atoms. The van der Waals surface area contributed by atoms with Crippen molar-refractivity contribution in [3.05, 3.63) is 47.7 Å². The standard InChI is InChI=1S/C13H16N2O3S/c1-2-10-4-3-5-11(8-10)15-9-12-6-7-13(18-12)19(14,16)17/h3-8,15H,2,9H2,1H3,(H2,14,16,17). The summed E-state index contributed by atoms with van der Waals surface area (Å²) >= 11 is 0. The molecule has 1 aromatic carbocycles. The molecule has 6 heteroatoms. The van der Waals surface area contributed by atoms with E-state index in [4.69, 9.17) is 9.56 Å². The van der Waals surface area contributed by atoms with Crippen LogP contribution in [0.25, 0.3) is 0 Å². The maximum absolute atomic E-state index is 11.1. The number of benzene rings is 1. The first kappa shape index (κ1) is 13.6. The van der Waals surface area contributed by atoms with E-state index in [0.717, 1.165) is 12.1 Å². The number of furan rings is 1. The molecular formula is C13H16N2O3S. The Kier molecular flexibility index (Phi) is 3.92. The molecule has 2 rings (SSSR count). The van der Waals surface area contributed by atoms with Crippen LogP contribution in [0.1, 0.15) is 18.2 Å². The van der Waals surface area contributed by atoms with E-state index in [0.29, 0.717) is 12.3 Å². The van der Waals surface area contributed by atoms with E-state index in [1.54, 1.807) is 6.07 Å². The Labute approximate surface area is 112 Å². The summed E-state index contributed by atoms with van der Waals surface area (Å²) in [5, 5.41) is 7.93. The van der Waals surface area contributed by atoms with Gasteiger partial charge < -0.3 is 9.73 Å². The lowest BCUT2D eigenvalue weighted by molar-refractivity contribution is 0.419. The van der Waals surface area contributed by atoms with Crippen molar-refractivity contribution < 1.29 is 12.8 Å². The van der Waals surface area contributed by atoms with E-state index < -0.39 is 10.0 Å². The van der Waals surface area contributed by atoms with E-state index in [9.17, 15) is 8.42 Å². The van der Waals surface area contributed by atoms with E-state index in [-0.39, 0.29) is 5.09 Å². The highest BCUT2D eigenvalue weighted by molar-refractivity contribution is 7.89. The maximum Gasteiger partial charge on any atom is 0.271 e. The molecule has 0 fully saturated rings. The van der Waals surface area contributed by atoms with Gasteiger partial charge in [-0.1, -0.05) is 19.1 Å². The van der Waals surface area contributed by atoms with Gasteiger partial charge in [0.2, 0.25) is 5.09 Å². The minimum absolute atomic E-state index is 0.216. The van der Waals surface area contributed by atoms with Crippen LogP contribution in [-0.2, 0) is 23.0 Å². The minimum Gasteiger partial charge on any atom is -0.446 e. The van der Waals surface area contributed by atoms with Gasteiger partial charge in [0.1, 0.15) is 5.76 Å². The Morgan fingerprint density at radius 3 is 2.68 bits per heavy atom. The fraction of sp³-hybridized carbons (Fsp3) is 0.231. The van der Waals surface area contributed by atoms with Crippen molar-refractivity contribution in [3.8, 4) is 0 Å². The molecule has 1 heterocycles. The Hall–Kier alpha value is -1.79. The quantitative estimate of drug-likeness (QED) is 0.878. The summed E-state index contributed by atoms with van der Waals surface area (Å²) in [5.74, 6) is 0.519. The van der Waals surface area contributed by atoms with Gasteiger partial charge >= 0.3 is 0 Å². The molecule has 5 nitrogen and oxygen atoms in total. The fourth-order valence-corrected chi connectivity index (χ4v) is 2.18. The van der Waals surface area contributed by atoms with E-state index >= 15 is 0 Å². The zero-order chi connectivity index (χ0) is 13.9. The van der Waals surface area contributed by atoms with Crippen LogP contribution in [0.5, 0.6) is 0 Å². The van der Waals surface area contributed by atoms with Crippen LogP contribution in [0.15, 0.2) is 45.9 Å². The first-order valence-electron chi connectivity index (χ1n) is 5.93. The number of sulfonamides is 1. The van der Waals surface area contributed by atoms with Crippen LogP contribution in [0.2, 0.25) is 0 Å². The number of hydrogen-bond donors (Lipinski definition) is 2. The molecule has 3 N–H and O–H groups in total. The van der Waals surface area contributed by atoms with Gasteiger partial charge in [-0.25, -0.2) is 13.6 Å². The van der Waals surface area contributed by atoms with Gasteiger partial charge in [0, 0.05) is 5.69 Å². The lowest BCUT2D eigenvalue weighted by Crippen LogP contribution is -2.10. The number of nitrogens with one attached hydrogen (secondary N) is 1. The zero-order valence-electron chi connectivity index (χ0n) is 10.6.